The summed E-state index contributed by atoms with van der Waals surface area (Å²) in [6.45, 7) is 0.437. The molecular weight excluding hydrogens is 378 g/mol. The summed E-state index contributed by atoms with van der Waals surface area (Å²) in [5.74, 6) is 1.24. The molecular formula is C24H27N3O3. The normalized spacial score (nSPS) is 10.8. The zero-order chi connectivity index (χ0) is 21.5. The second-order valence-corrected chi connectivity index (χ2v) is 6.97. The summed E-state index contributed by atoms with van der Waals surface area (Å²) in [6, 6.07) is 17.3. The van der Waals surface area contributed by atoms with Crippen LogP contribution in [0.4, 0.5) is 11.4 Å². The van der Waals surface area contributed by atoms with E-state index >= 15 is 0 Å². The van der Waals surface area contributed by atoms with E-state index in [-0.39, 0.29) is 5.91 Å². The van der Waals surface area contributed by atoms with Crippen LogP contribution >= 0.6 is 0 Å². The Hall–Kier alpha value is -3.67. The number of carbonyl (C=O) groups excluding carboxylic acids is 1. The highest BCUT2D eigenvalue weighted by Crippen LogP contribution is 2.26. The number of ether oxygens (including phenoxy) is 2. The average Bonchev–Trinajstić information content (AvgIpc) is 3.29. The molecule has 1 N–H and O–H groups in total. The van der Waals surface area contributed by atoms with Gasteiger partial charge in [0.1, 0.15) is 11.5 Å². The number of H-pyrrole nitrogens is 1. The van der Waals surface area contributed by atoms with Crippen LogP contribution in [0.1, 0.15) is 11.3 Å². The summed E-state index contributed by atoms with van der Waals surface area (Å²) in [7, 11) is 7.18. The third kappa shape index (κ3) is 5.03. The van der Waals surface area contributed by atoms with Crippen molar-refractivity contribution in [2.24, 2.45) is 0 Å². The number of methoxy groups -OCH3 is 2. The number of amides is 1. The molecule has 0 radical (unpaired) electrons. The van der Waals surface area contributed by atoms with Crippen molar-refractivity contribution >= 4 is 23.4 Å². The van der Waals surface area contributed by atoms with Crippen LogP contribution in [0.2, 0.25) is 0 Å². The summed E-state index contributed by atoms with van der Waals surface area (Å²) in [5.41, 5.74) is 3.62. The molecule has 156 valence electrons. The minimum atomic E-state index is -0.132. The van der Waals surface area contributed by atoms with Crippen LogP contribution in [0.25, 0.3) is 6.08 Å². The lowest BCUT2D eigenvalue weighted by molar-refractivity contribution is -0.114. The highest BCUT2D eigenvalue weighted by molar-refractivity contribution is 6.04. The van der Waals surface area contributed by atoms with Gasteiger partial charge < -0.3 is 24.3 Å². The number of hydrogen-bond donors (Lipinski definition) is 1. The lowest BCUT2D eigenvalue weighted by atomic mass is 10.1. The predicted octanol–water partition coefficient (Wildman–Crippen LogP) is 4.34. The van der Waals surface area contributed by atoms with Crippen molar-refractivity contribution in [1.29, 1.82) is 0 Å². The molecule has 30 heavy (non-hydrogen) atoms. The summed E-state index contributed by atoms with van der Waals surface area (Å²) in [6.07, 6.45) is 5.16. The fourth-order valence-electron chi connectivity index (χ4n) is 3.08. The van der Waals surface area contributed by atoms with Gasteiger partial charge in [0.25, 0.3) is 5.91 Å². The molecule has 0 aliphatic rings. The maximum Gasteiger partial charge on any atom is 0.251 e. The highest BCUT2D eigenvalue weighted by Gasteiger charge is 2.15. The molecule has 1 amide bonds. The van der Waals surface area contributed by atoms with Gasteiger partial charge in [-0.3, -0.25) is 4.79 Å². The van der Waals surface area contributed by atoms with Gasteiger partial charge in [0.2, 0.25) is 0 Å². The fourth-order valence-corrected chi connectivity index (χ4v) is 3.08. The smallest absolute Gasteiger partial charge is 0.251 e. The Labute approximate surface area is 177 Å². The van der Waals surface area contributed by atoms with Gasteiger partial charge in [-0.1, -0.05) is 0 Å². The van der Waals surface area contributed by atoms with E-state index in [0.29, 0.717) is 18.0 Å². The molecule has 1 aromatic heterocycles. The summed E-state index contributed by atoms with van der Waals surface area (Å²) >= 11 is 0. The van der Waals surface area contributed by atoms with Crippen molar-refractivity contribution in [3.8, 4) is 11.5 Å². The van der Waals surface area contributed by atoms with Crippen LogP contribution in [0.3, 0.4) is 0 Å². The van der Waals surface area contributed by atoms with Crippen LogP contribution in [-0.4, -0.2) is 39.2 Å². The predicted molar refractivity (Wildman–Crippen MR) is 121 cm³/mol. The number of aromatic amines is 1. The zero-order valence-electron chi connectivity index (χ0n) is 17.8. The molecule has 0 unspecified atom stereocenters. The van der Waals surface area contributed by atoms with Crippen LogP contribution < -0.4 is 19.3 Å². The molecule has 0 atom stereocenters. The van der Waals surface area contributed by atoms with E-state index in [1.807, 2.05) is 79.8 Å². The van der Waals surface area contributed by atoms with Gasteiger partial charge in [0.15, 0.2) is 0 Å². The quantitative estimate of drug-likeness (QED) is 0.566. The van der Waals surface area contributed by atoms with Gasteiger partial charge in [-0.25, -0.2) is 0 Å². The van der Waals surface area contributed by atoms with Gasteiger partial charge in [-0.05, 0) is 60.7 Å². The van der Waals surface area contributed by atoms with Crippen LogP contribution in [-0.2, 0) is 11.3 Å². The first kappa shape index (κ1) is 21.0. The number of rotatable bonds is 8. The highest BCUT2D eigenvalue weighted by atomic mass is 16.5. The van der Waals surface area contributed by atoms with E-state index in [0.717, 1.165) is 22.6 Å². The standard InChI is InChI=1S/C24H27N3O3/c1-26(2)20-8-10-21(11-9-20)27(17-19-6-5-15-25-19)24(28)14-7-18-16-22(29-3)12-13-23(18)30-4/h5-16,25H,17H2,1-4H3. The van der Waals surface area contributed by atoms with E-state index in [1.54, 1.807) is 31.3 Å². The summed E-state index contributed by atoms with van der Waals surface area (Å²) in [5, 5.41) is 0. The molecule has 6 nitrogen and oxygen atoms in total. The number of nitrogens with one attached hydrogen (secondary N) is 1. The maximum absolute atomic E-state index is 13.2. The van der Waals surface area contributed by atoms with E-state index < -0.39 is 0 Å². The van der Waals surface area contributed by atoms with E-state index in [1.165, 1.54) is 0 Å². The first-order valence-electron chi connectivity index (χ1n) is 9.63. The molecule has 1 heterocycles. The number of nitrogens with zero attached hydrogens (tertiary/aromatic N) is 2. The Morgan fingerprint density at radius 3 is 2.33 bits per heavy atom. The monoisotopic (exact) mass is 405 g/mol. The SMILES string of the molecule is COc1ccc(OC)c(C=CC(=O)N(Cc2ccc[nH]2)c2ccc(N(C)C)cc2)c1. The van der Waals surface area contributed by atoms with Crippen molar-refractivity contribution in [2.45, 2.75) is 6.54 Å². The van der Waals surface area contributed by atoms with Crippen LogP contribution in [0.15, 0.2) is 66.9 Å². The van der Waals surface area contributed by atoms with Gasteiger partial charge in [-0.2, -0.15) is 0 Å². The zero-order valence-corrected chi connectivity index (χ0v) is 17.8. The van der Waals surface area contributed by atoms with Crippen molar-refractivity contribution in [3.63, 3.8) is 0 Å². The molecule has 0 aliphatic carbocycles. The number of anilines is 2. The molecule has 0 fully saturated rings. The molecule has 6 heteroatoms. The molecule has 2 aromatic carbocycles. The number of aromatic nitrogens is 1. The van der Waals surface area contributed by atoms with Gasteiger partial charge >= 0.3 is 0 Å². The first-order valence-corrected chi connectivity index (χ1v) is 9.63. The van der Waals surface area contributed by atoms with Gasteiger partial charge in [-0.15, -0.1) is 0 Å². The topological polar surface area (TPSA) is 57.8 Å². The fraction of sp³-hybridized carbons (Fsp3) is 0.208. The van der Waals surface area contributed by atoms with Crippen molar-refractivity contribution in [2.75, 3.05) is 38.1 Å². The van der Waals surface area contributed by atoms with E-state index in [4.69, 9.17) is 9.47 Å². The minimum Gasteiger partial charge on any atom is -0.497 e. The second kappa shape index (κ2) is 9.69. The third-order valence-electron chi connectivity index (χ3n) is 4.78. The van der Waals surface area contributed by atoms with Crippen molar-refractivity contribution < 1.29 is 14.3 Å². The molecule has 0 spiro atoms. The van der Waals surface area contributed by atoms with Crippen LogP contribution in [0, 0.1) is 0 Å². The second-order valence-electron chi connectivity index (χ2n) is 6.97. The molecule has 0 saturated carbocycles. The molecule has 0 saturated heterocycles. The Morgan fingerprint density at radius 2 is 1.73 bits per heavy atom. The Balaban J connectivity index is 1.89. The Kier molecular flexibility index (Phi) is 6.80. The van der Waals surface area contributed by atoms with E-state index in [9.17, 15) is 4.79 Å². The van der Waals surface area contributed by atoms with Crippen LogP contribution in [0.5, 0.6) is 11.5 Å². The number of benzene rings is 2. The number of hydrogen-bond acceptors (Lipinski definition) is 4. The molecule has 3 aromatic rings. The van der Waals surface area contributed by atoms with Gasteiger partial charge in [0.05, 0.1) is 20.8 Å². The van der Waals surface area contributed by atoms with Crippen molar-refractivity contribution in [1.82, 2.24) is 4.98 Å². The first-order chi connectivity index (χ1) is 14.5. The van der Waals surface area contributed by atoms with Crippen molar-refractivity contribution in [3.05, 3.63) is 78.1 Å². The van der Waals surface area contributed by atoms with E-state index in [2.05, 4.69) is 4.98 Å². The van der Waals surface area contributed by atoms with Gasteiger partial charge in [0, 0.05) is 49.0 Å². The summed E-state index contributed by atoms with van der Waals surface area (Å²) < 4.78 is 10.7. The Morgan fingerprint density at radius 1 is 1.00 bits per heavy atom. The maximum atomic E-state index is 13.2. The lowest BCUT2D eigenvalue weighted by Crippen LogP contribution is -2.28. The molecule has 3 rings (SSSR count). The summed E-state index contributed by atoms with van der Waals surface area (Å²) in [4.78, 5) is 20.1. The largest absolute Gasteiger partial charge is 0.497 e. The lowest BCUT2D eigenvalue weighted by Gasteiger charge is -2.22. The minimum absolute atomic E-state index is 0.132. The molecule has 0 bridgehead atoms. The number of carbonyl (C=O) groups is 1. The third-order valence-corrected chi connectivity index (χ3v) is 4.78. The molecule has 0 aliphatic heterocycles. The Bertz CT molecular complexity index is 993. The average molecular weight is 405 g/mol.